The summed E-state index contributed by atoms with van der Waals surface area (Å²) >= 11 is 0. The van der Waals surface area contributed by atoms with E-state index in [1.807, 2.05) is 0 Å². The summed E-state index contributed by atoms with van der Waals surface area (Å²) in [5, 5.41) is 2.75. The van der Waals surface area contributed by atoms with Crippen LogP contribution in [0.3, 0.4) is 0 Å². The molecule has 0 aliphatic heterocycles. The molecule has 0 saturated heterocycles. The second-order valence-corrected chi connectivity index (χ2v) is 5.62. The molecule has 0 spiro atoms. The van der Waals surface area contributed by atoms with Gasteiger partial charge >= 0.3 is 5.97 Å². The van der Waals surface area contributed by atoms with E-state index in [-0.39, 0.29) is 5.97 Å². The quantitative estimate of drug-likeness (QED) is 0.557. The number of rotatable bonds is 5. The molecule has 0 amide bonds. The average Bonchev–Trinajstić information content (AvgIpc) is 2.83. The van der Waals surface area contributed by atoms with Gasteiger partial charge in [0, 0.05) is 6.66 Å². The first kappa shape index (κ1) is 11.7. The molecule has 0 aromatic rings. The lowest BCUT2D eigenvalue weighted by atomic mass is 10.3. The van der Waals surface area contributed by atoms with E-state index in [0.29, 0.717) is 19.4 Å². The first-order chi connectivity index (χ1) is 6.46. The number of hydrogen-bond acceptors (Lipinski definition) is 4. The highest BCUT2D eigenvalue weighted by Crippen LogP contribution is 2.48. The number of methoxy groups -OCH3 is 1. The maximum absolute atomic E-state index is 11.7. The van der Waals surface area contributed by atoms with Gasteiger partial charge < -0.3 is 9.26 Å². The monoisotopic (exact) mass is 221 g/mol. The molecular formula is C8H16NO4P. The number of esters is 1. The zero-order chi connectivity index (χ0) is 10.8. The third-order valence-electron chi connectivity index (χ3n) is 2.12. The van der Waals surface area contributed by atoms with Crippen molar-refractivity contribution in [3.63, 3.8) is 0 Å². The molecule has 0 aromatic heterocycles. The lowest BCUT2D eigenvalue weighted by Crippen LogP contribution is -2.38. The normalized spacial score (nSPS) is 22.5. The molecule has 0 heterocycles. The summed E-state index contributed by atoms with van der Waals surface area (Å²) < 4.78 is 21.4. The molecule has 1 fully saturated rings. The van der Waals surface area contributed by atoms with Crippen molar-refractivity contribution < 1.29 is 18.6 Å². The summed E-state index contributed by atoms with van der Waals surface area (Å²) in [6.07, 6.45) is 1.31. The zero-order valence-corrected chi connectivity index (χ0v) is 9.60. The first-order valence-corrected chi connectivity index (χ1v) is 6.63. The topological polar surface area (TPSA) is 64.6 Å². The van der Waals surface area contributed by atoms with Gasteiger partial charge in [0.1, 0.15) is 5.54 Å². The van der Waals surface area contributed by atoms with E-state index in [1.54, 1.807) is 6.92 Å². The second-order valence-electron chi connectivity index (χ2n) is 3.45. The Morgan fingerprint density at radius 3 is 2.50 bits per heavy atom. The van der Waals surface area contributed by atoms with E-state index in [1.165, 1.54) is 13.8 Å². The molecule has 5 nitrogen and oxygen atoms in total. The molecule has 1 aliphatic carbocycles. The van der Waals surface area contributed by atoms with Gasteiger partial charge in [-0.1, -0.05) is 0 Å². The first-order valence-electron chi connectivity index (χ1n) is 4.56. The minimum Gasteiger partial charge on any atom is -0.468 e. The minimum absolute atomic E-state index is 0.359. The van der Waals surface area contributed by atoms with Gasteiger partial charge in [0.05, 0.1) is 13.7 Å². The molecule has 0 radical (unpaired) electrons. The smallest absolute Gasteiger partial charge is 0.326 e. The molecule has 82 valence electrons. The van der Waals surface area contributed by atoms with Crippen LogP contribution in [0.15, 0.2) is 0 Å². The van der Waals surface area contributed by atoms with Crippen LogP contribution >= 0.6 is 7.52 Å². The predicted octanol–water partition coefficient (Wildman–Crippen LogP) is 1.14. The number of hydrogen-bond donors (Lipinski definition) is 1. The van der Waals surface area contributed by atoms with Crippen molar-refractivity contribution in [2.45, 2.75) is 25.3 Å². The number of ether oxygens (including phenoxy) is 1. The Morgan fingerprint density at radius 2 is 2.14 bits per heavy atom. The highest BCUT2D eigenvalue weighted by Gasteiger charge is 2.54. The maximum Gasteiger partial charge on any atom is 0.326 e. The SMILES string of the molecule is CCOP(C)(=O)NC1(C(=O)OC)CC1. The van der Waals surface area contributed by atoms with E-state index < -0.39 is 13.1 Å². The van der Waals surface area contributed by atoms with Crippen LogP contribution in [0.4, 0.5) is 0 Å². The largest absolute Gasteiger partial charge is 0.468 e. The number of carbonyl (C=O) groups excluding carboxylic acids is 1. The molecule has 6 heteroatoms. The molecule has 1 unspecified atom stereocenters. The number of nitrogens with one attached hydrogen (secondary N) is 1. The van der Waals surface area contributed by atoms with Crippen molar-refractivity contribution in [2.24, 2.45) is 0 Å². The standard InChI is InChI=1S/C8H16NO4P/c1-4-13-14(3,11)9-8(5-6-8)7(10)12-2/h4-6H2,1-3H3,(H,9,11). The van der Waals surface area contributed by atoms with Gasteiger partial charge in [-0.05, 0) is 19.8 Å². The van der Waals surface area contributed by atoms with Crippen LogP contribution in [0.25, 0.3) is 0 Å². The van der Waals surface area contributed by atoms with Gasteiger partial charge in [0.2, 0.25) is 0 Å². The van der Waals surface area contributed by atoms with Gasteiger partial charge in [0.25, 0.3) is 7.52 Å². The molecule has 1 atom stereocenters. The Bertz CT molecular complexity index is 275. The van der Waals surface area contributed by atoms with E-state index >= 15 is 0 Å². The van der Waals surface area contributed by atoms with Crippen LogP contribution in [-0.4, -0.2) is 31.9 Å². The third kappa shape index (κ3) is 2.56. The summed E-state index contributed by atoms with van der Waals surface area (Å²) in [4.78, 5) is 11.3. The predicted molar refractivity (Wildman–Crippen MR) is 52.3 cm³/mol. The Labute approximate surface area is 83.7 Å². The Kier molecular flexibility index (Phi) is 3.35. The molecule has 1 N–H and O–H groups in total. The van der Waals surface area contributed by atoms with Crippen LogP contribution in [-0.2, 0) is 18.6 Å². The fourth-order valence-corrected chi connectivity index (χ4v) is 3.00. The molecule has 0 bridgehead atoms. The molecule has 14 heavy (non-hydrogen) atoms. The summed E-state index contributed by atoms with van der Waals surface area (Å²) in [6.45, 7) is 3.59. The summed E-state index contributed by atoms with van der Waals surface area (Å²) in [7, 11) is -1.54. The van der Waals surface area contributed by atoms with Gasteiger partial charge in [-0.3, -0.25) is 9.36 Å². The molecule has 1 saturated carbocycles. The minimum atomic E-state index is -2.87. The molecule has 0 aromatic carbocycles. The van der Waals surface area contributed by atoms with Crippen molar-refractivity contribution in [1.82, 2.24) is 5.09 Å². The van der Waals surface area contributed by atoms with Crippen LogP contribution in [0.2, 0.25) is 0 Å². The van der Waals surface area contributed by atoms with E-state index in [0.717, 1.165) is 0 Å². The Morgan fingerprint density at radius 1 is 1.57 bits per heavy atom. The third-order valence-corrected chi connectivity index (χ3v) is 3.70. The van der Waals surface area contributed by atoms with Crippen LogP contribution in [0.1, 0.15) is 19.8 Å². The summed E-state index contributed by atoms with van der Waals surface area (Å²) in [5.74, 6) is -0.362. The van der Waals surface area contributed by atoms with Crippen LogP contribution in [0, 0.1) is 0 Å². The number of carbonyl (C=O) groups is 1. The van der Waals surface area contributed by atoms with Crippen molar-refractivity contribution >= 4 is 13.5 Å². The second kappa shape index (κ2) is 4.01. The average molecular weight is 221 g/mol. The molecule has 1 rings (SSSR count). The highest BCUT2D eigenvalue weighted by atomic mass is 31.2. The van der Waals surface area contributed by atoms with Crippen molar-refractivity contribution in [2.75, 3.05) is 20.4 Å². The highest BCUT2D eigenvalue weighted by molar-refractivity contribution is 7.56. The van der Waals surface area contributed by atoms with E-state index in [4.69, 9.17) is 4.52 Å². The Balaban J connectivity index is 2.59. The van der Waals surface area contributed by atoms with Crippen LogP contribution < -0.4 is 5.09 Å². The van der Waals surface area contributed by atoms with Crippen molar-refractivity contribution in [3.05, 3.63) is 0 Å². The van der Waals surface area contributed by atoms with Gasteiger partial charge in [-0.2, -0.15) is 0 Å². The summed E-state index contributed by atoms with van der Waals surface area (Å²) in [5.41, 5.74) is -0.756. The van der Waals surface area contributed by atoms with Gasteiger partial charge in [0.15, 0.2) is 0 Å². The fourth-order valence-electron chi connectivity index (χ4n) is 1.35. The van der Waals surface area contributed by atoms with Gasteiger partial charge in [-0.15, -0.1) is 0 Å². The lowest BCUT2D eigenvalue weighted by Gasteiger charge is -2.20. The van der Waals surface area contributed by atoms with E-state index in [2.05, 4.69) is 9.82 Å². The molecule has 1 aliphatic rings. The summed E-state index contributed by atoms with van der Waals surface area (Å²) in [6, 6.07) is 0. The van der Waals surface area contributed by atoms with Crippen molar-refractivity contribution in [3.8, 4) is 0 Å². The van der Waals surface area contributed by atoms with E-state index in [9.17, 15) is 9.36 Å². The lowest BCUT2D eigenvalue weighted by molar-refractivity contribution is -0.143. The van der Waals surface area contributed by atoms with Crippen molar-refractivity contribution in [1.29, 1.82) is 0 Å². The van der Waals surface area contributed by atoms with Gasteiger partial charge in [-0.25, -0.2) is 5.09 Å². The fraction of sp³-hybridized carbons (Fsp3) is 0.875. The Hall–Kier alpha value is -0.380. The maximum atomic E-state index is 11.7. The zero-order valence-electron chi connectivity index (χ0n) is 8.70. The van der Waals surface area contributed by atoms with Crippen LogP contribution in [0.5, 0.6) is 0 Å². The molecular weight excluding hydrogens is 205 g/mol.